The van der Waals surface area contributed by atoms with E-state index in [1.165, 1.54) is 0 Å². The molecule has 1 aromatic rings. The van der Waals surface area contributed by atoms with Gasteiger partial charge in [-0.1, -0.05) is 44.2 Å². The Labute approximate surface area is 150 Å². The van der Waals surface area contributed by atoms with Gasteiger partial charge in [0, 0.05) is 6.54 Å². The van der Waals surface area contributed by atoms with Gasteiger partial charge in [0.2, 0.25) is 0 Å². The van der Waals surface area contributed by atoms with Gasteiger partial charge in [-0.3, -0.25) is 4.99 Å². The quantitative estimate of drug-likeness (QED) is 0.324. The Morgan fingerprint density at radius 2 is 2.00 bits per heavy atom. The van der Waals surface area contributed by atoms with Crippen LogP contribution >= 0.6 is 24.0 Å². The SMILES string of the molecule is CC(C)CCNC(N)=NCC(O)COCc1ccccc1.I. The highest BCUT2D eigenvalue weighted by Crippen LogP contribution is 2.01. The van der Waals surface area contributed by atoms with E-state index in [1.807, 2.05) is 30.3 Å². The number of aliphatic hydroxyl groups excluding tert-OH is 1. The van der Waals surface area contributed by atoms with Crippen LogP contribution in [0.2, 0.25) is 0 Å². The Kier molecular flexibility index (Phi) is 12.2. The van der Waals surface area contributed by atoms with Gasteiger partial charge >= 0.3 is 0 Å². The molecule has 1 unspecified atom stereocenters. The summed E-state index contributed by atoms with van der Waals surface area (Å²) < 4.78 is 5.45. The number of nitrogens with zero attached hydrogens (tertiary/aromatic N) is 1. The predicted molar refractivity (Wildman–Crippen MR) is 101 cm³/mol. The molecule has 6 heteroatoms. The predicted octanol–water partition coefficient (Wildman–Crippen LogP) is 2.13. The molecule has 4 N–H and O–H groups in total. The van der Waals surface area contributed by atoms with Gasteiger partial charge in [-0.15, -0.1) is 24.0 Å². The van der Waals surface area contributed by atoms with Crippen LogP contribution in [0.4, 0.5) is 0 Å². The lowest BCUT2D eigenvalue weighted by molar-refractivity contribution is 0.0331. The standard InChI is InChI=1S/C16H27N3O2.HI/c1-13(2)8-9-18-16(17)19-10-15(20)12-21-11-14-6-4-3-5-7-14;/h3-7,13,15,20H,8-12H2,1-2H3,(H3,17,18,19);1H. The van der Waals surface area contributed by atoms with E-state index in [0.717, 1.165) is 18.5 Å². The maximum Gasteiger partial charge on any atom is 0.188 e. The molecule has 0 saturated heterocycles. The molecule has 1 aromatic carbocycles. The van der Waals surface area contributed by atoms with E-state index in [1.54, 1.807) is 0 Å². The highest BCUT2D eigenvalue weighted by molar-refractivity contribution is 14.0. The van der Waals surface area contributed by atoms with Crippen LogP contribution in [-0.4, -0.2) is 36.9 Å². The molecule has 0 radical (unpaired) electrons. The average molecular weight is 421 g/mol. The van der Waals surface area contributed by atoms with Crippen molar-refractivity contribution in [2.24, 2.45) is 16.6 Å². The molecule has 22 heavy (non-hydrogen) atoms. The number of hydrogen-bond acceptors (Lipinski definition) is 3. The third-order valence-electron chi connectivity index (χ3n) is 2.92. The van der Waals surface area contributed by atoms with Crippen LogP contribution in [0.1, 0.15) is 25.8 Å². The van der Waals surface area contributed by atoms with Crippen LogP contribution in [0.3, 0.4) is 0 Å². The van der Waals surface area contributed by atoms with Crippen molar-refractivity contribution in [1.82, 2.24) is 5.32 Å². The Hall–Kier alpha value is -0.860. The fourth-order valence-electron chi connectivity index (χ4n) is 1.69. The van der Waals surface area contributed by atoms with Gasteiger partial charge in [-0.05, 0) is 17.9 Å². The van der Waals surface area contributed by atoms with E-state index in [9.17, 15) is 5.11 Å². The van der Waals surface area contributed by atoms with Crippen LogP contribution in [0.15, 0.2) is 35.3 Å². The van der Waals surface area contributed by atoms with Crippen molar-refractivity contribution in [2.75, 3.05) is 19.7 Å². The monoisotopic (exact) mass is 421 g/mol. The van der Waals surface area contributed by atoms with Crippen molar-refractivity contribution in [3.63, 3.8) is 0 Å². The Balaban J connectivity index is 0.00000441. The molecule has 0 aliphatic heterocycles. The zero-order valence-corrected chi connectivity index (χ0v) is 15.7. The lowest BCUT2D eigenvalue weighted by atomic mass is 10.1. The van der Waals surface area contributed by atoms with Crippen LogP contribution in [0.25, 0.3) is 0 Å². The number of guanidine groups is 1. The smallest absolute Gasteiger partial charge is 0.188 e. The summed E-state index contributed by atoms with van der Waals surface area (Å²) in [7, 11) is 0. The molecule has 0 aliphatic carbocycles. The third kappa shape index (κ3) is 10.8. The minimum absolute atomic E-state index is 0. The molecule has 0 bridgehead atoms. The summed E-state index contributed by atoms with van der Waals surface area (Å²) in [6.07, 6.45) is 0.401. The first-order valence-corrected chi connectivity index (χ1v) is 7.41. The second-order valence-electron chi connectivity index (χ2n) is 5.49. The van der Waals surface area contributed by atoms with Gasteiger partial charge in [0.1, 0.15) is 0 Å². The number of benzene rings is 1. The summed E-state index contributed by atoms with van der Waals surface area (Å²) in [6, 6.07) is 9.86. The fourth-order valence-corrected chi connectivity index (χ4v) is 1.69. The number of aliphatic imine (C=N–C) groups is 1. The Morgan fingerprint density at radius 1 is 1.32 bits per heavy atom. The first-order valence-electron chi connectivity index (χ1n) is 7.41. The first kappa shape index (κ1) is 21.1. The lowest BCUT2D eigenvalue weighted by Gasteiger charge is -2.11. The van der Waals surface area contributed by atoms with E-state index >= 15 is 0 Å². The van der Waals surface area contributed by atoms with Crippen molar-refractivity contribution >= 4 is 29.9 Å². The second-order valence-corrected chi connectivity index (χ2v) is 5.49. The fraction of sp³-hybridized carbons (Fsp3) is 0.562. The summed E-state index contributed by atoms with van der Waals surface area (Å²) in [6.45, 7) is 6.09. The van der Waals surface area contributed by atoms with Gasteiger partial charge < -0.3 is 20.9 Å². The van der Waals surface area contributed by atoms with Gasteiger partial charge in [-0.25, -0.2) is 0 Å². The van der Waals surface area contributed by atoms with E-state index < -0.39 is 6.10 Å². The summed E-state index contributed by atoms with van der Waals surface area (Å²) in [4.78, 5) is 4.10. The normalized spacial score (nSPS) is 12.8. The number of aliphatic hydroxyl groups is 1. The number of nitrogens with two attached hydrogens (primary N) is 1. The molecule has 0 aromatic heterocycles. The van der Waals surface area contributed by atoms with E-state index in [4.69, 9.17) is 10.5 Å². The summed E-state index contributed by atoms with van der Waals surface area (Å²) in [5.41, 5.74) is 6.80. The van der Waals surface area contributed by atoms with Crippen molar-refractivity contribution in [3.05, 3.63) is 35.9 Å². The van der Waals surface area contributed by atoms with Gasteiger partial charge in [0.05, 0.1) is 25.9 Å². The average Bonchev–Trinajstić information content (AvgIpc) is 2.46. The molecule has 126 valence electrons. The van der Waals surface area contributed by atoms with Gasteiger partial charge in [0.25, 0.3) is 0 Å². The van der Waals surface area contributed by atoms with Crippen molar-refractivity contribution in [3.8, 4) is 0 Å². The van der Waals surface area contributed by atoms with Crippen LogP contribution in [0, 0.1) is 5.92 Å². The minimum Gasteiger partial charge on any atom is -0.389 e. The molecule has 0 spiro atoms. The molecular weight excluding hydrogens is 393 g/mol. The van der Waals surface area contributed by atoms with Crippen LogP contribution in [-0.2, 0) is 11.3 Å². The van der Waals surface area contributed by atoms with Crippen LogP contribution in [0.5, 0.6) is 0 Å². The molecule has 0 heterocycles. The molecule has 0 saturated carbocycles. The Bertz CT molecular complexity index is 413. The third-order valence-corrected chi connectivity index (χ3v) is 2.92. The minimum atomic E-state index is -0.640. The number of nitrogens with one attached hydrogen (secondary N) is 1. The largest absolute Gasteiger partial charge is 0.389 e. The number of halogens is 1. The van der Waals surface area contributed by atoms with Crippen LogP contribution < -0.4 is 11.1 Å². The molecule has 5 nitrogen and oxygen atoms in total. The molecular formula is C16H28IN3O2. The van der Waals surface area contributed by atoms with E-state index in [2.05, 4.69) is 24.2 Å². The van der Waals surface area contributed by atoms with Crippen molar-refractivity contribution in [1.29, 1.82) is 0 Å². The van der Waals surface area contributed by atoms with Gasteiger partial charge in [0.15, 0.2) is 5.96 Å². The number of rotatable bonds is 9. The lowest BCUT2D eigenvalue weighted by Crippen LogP contribution is -2.34. The summed E-state index contributed by atoms with van der Waals surface area (Å²) in [5.74, 6) is 1.00. The maximum absolute atomic E-state index is 9.77. The summed E-state index contributed by atoms with van der Waals surface area (Å²) in [5, 5.41) is 12.8. The molecule has 0 fully saturated rings. The summed E-state index contributed by atoms with van der Waals surface area (Å²) >= 11 is 0. The number of hydrogen-bond donors (Lipinski definition) is 3. The van der Waals surface area contributed by atoms with E-state index in [-0.39, 0.29) is 37.1 Å². The van der Waals surface area contributed by atoms with Crippen molar-refractivity contribution in [2.45, 2.75) is 33.0 Å². The van der Waals surface area contributed by atoms with Crippen molar-refractivity contribution < 1.29 is 9.84 Å². The maximum atomic E-state index is 9.77. The highest BCUT2D eigenvalue weighted by atomic mass is 127. The van der Waals surface area contributed by atoms with E-state index in [0.29, 0.717) is 18.5 Å². The molecule has 0 aliphatic rings. The molecule has 0 amide bonds. The number of ether oxygens (including phenoxy) is 1. The highest BCUT2D eigenvalue weighted by Gasteiger charge is 2.04. The van der Waals surface area contributed by atoms with Gasteiger partial charge in [-0.2, -0.15) is 0 Å². The first-order chi connectivity index (χ1) is 10.1. The second kappa shape index (κ2) is 12.7. The Morgan fingerprint density at radius 3 is 2.64 bits per heavy atom. The molecule has 1 atom stereocenters. The zero-order chi connectivity index (χ0) is 15.5. The molecule has 1 rings (SSSR count). The topological polar surface area (TPSA) is 79.9 Å². The zero-order valence-electron chi connectivity index (χ0n) is 13.4.